The largest absolute Gasteiger partial charge is 0.375 e. The van der Waals surface area contributed by atoms with Crippen molar-refractivity contribution in [2.75, 3.05) is 6.26 Å². The van der Waals surface area contributed by atoms with Crippen LogP contribution in [0.5, 0.6) is 0 Å². The molecule has 1 rings (SSSR count). The third-order valence-corrected chi connectivity index (χ3v) is 2.43. The highest BCUT2D eigenvalue weighted by Crippen LogP contribution is 2.08. The minimum atomic E-state index is 0.759. The van der Waals surface area contributed by atoms with Crippen LogP contribution in [0.25, 0.3) is 0 Å². The lowest BCUT2D eigenvalue weighted by Crippen LogP contribution is -2.09. The van der Waals surface area contributed by atoms with Crippen LogP contribution in [0.1, 0.15) is 5.56 Å². The molecule has 0 bridgehead atoms. The van der Waals surface area contributed by atoms with E-state index in [1.165, 1.54) is 11.6 Å². The zero-order valence-electron chi connectivity index (χ0n) is 8.03. The first-order valence-corrected chi connectivity index (χ1v) is 5.51. The van der Waals surface area contributed by atoms with Gasteiger partial charge in [-0.05, 0) is 11.8 Å². The second-order valence-corrected chi connectivity index (χ2v) is 3.53. The molecule has 0 aliphatic heterocycles. The summed E-state index contributed by atoms with van der Waals surface area (Å²) >= 11 is 1.54. The maximum absolute atomic E-state index is 8.49. The highest BCUT2D eigenvalue weighted by Gasteiger charge is 1.94. The molecule has 0 aliphatic rings. The van der Waals surface area contributed by atoms with E-state index in [2.05, 4.69) is 17.4 Å². The number of nitrogens with one attached hydrogen (secondary N) is 1. The Morgan fingerprint density at radius 2 is 2.21 bits per heavy atom. The number of thioether (sulfide) groups is 1. The van der Waals surface area contributed by atoms with Crippen molar-refractivity contribution < 1.29 is 0 Å². The van der Waals surface area contributed by atoms with Crippen LogP contribution in [-0.2, 0) is 6.54 Å². The Morgan fingerprint density at radius 1 is 1.50 bits per heavy atom. The zero-order valence-corrected chi connectivity index (χ0v) is 8.84. The smallest absolute Gasteiger partial charge is 0.0939 e. The highest BCUT2D eigenvalue weighted by atomic mass is 32.2. The summed E-state index contributed by atoms with van der Waals surface area (Å²) in [6.07, 6.45) is 3.47. The molecule has 1 aromatic rings. The molecule has 0 saturated heterocycles. The van der Waals surface area contributed by atoms with Crippen LogP contribution >= 0.6 is 11.8 Å². The van der Waals surface area contributed by atoms with Gasteiger partial charge in [0.25, 0.3) is 0 Å². The molecule has 0 fully saturated rings. The Bertz CT molecular complexity index is 338. The average Bonchev–Trinajstić information content (AvgIpc) is 2.25. The Hall–Kier alpha value is -1.40. The standard InChI is InChI=1S/C11H12N2S/c1-14-11(7-8-12)13-9-10-5-3-2-4-6-10/h2-7,13H,9H2,1H3/b11-7+. The Labute approximate surface area is 88.6 Å². The molecular weight excluding hydrogens is 192 g/mol. The van der Waals surface area contributed by atoms with Crippen molar-refractivity contribution in [3.05, 3.63) is 47.0 Å². The summed E-state index contributed by atoms with van der Waals surface area (Å²) in [5.41, 5.74) is 1.21. The fraction of sp³-hybridized carbons (Fsp3) is 0.182. The van der Waals surface area contributed by atoms with E-state index in [4.69, 9.17) is 5.26 Å². The molecule has 0 amide bonds. The number of nitrogens with zero attached hydrogens (tertiary/aromatic N) is 1. The summed E-state index contributed by atoms with van der Waals surface area (Å²) in [5, 5.41) is 12.6. The lowest BCUT2D eigenvalue weighted by Gasteiger charge is -2.06. The highest BCUT2D eigenvalue weighted by molar-refractivity contribution is 8.02. The van der Waals surface area contributed by atoms with Crippen molar-refractivity contribution >= 4 is 11.8 Å². The second kappa shape index (κ2) is 6.11. The maximum atomic E-state index is 8.49. The number of hydrogen-bond donors (Lipinski definition) is 1. The summed E-state index contributed by atoms with van der Waals surface area (Å²) in [6, 6.07) is 12.1. The summed E-state index contributed by atoms with van der Waals surface area (Å²) in [4.78, 5) is 0. The van der Waals surface area contributed by atoms with Crippen molar-refractivity contribution in [3.63, 3.8) is 0 Å². The van der Waals surface area contributed by atoms with Gasteiger partial charge in [-0.1, -0.05) is 30.3 Å². The van der Waals surface area contributed by atoms with Crippen LogP contribution in [0.2, 0.25) is 0 Å². The van der Waals surface area contributed by atoms with Crippen LogP contribution in [0.15, 0.2) is 41.4 Å². The molecule has 72 valence electrons. The van der Waals surface area contributed by atoms with E-state index in [1.807, 2.05) is 30.5 Å². The monoisotopic (exact) mass is 204 g/mol. The molecule has 0 unspecified atom stereocenters. The Morgan fingerprint density at radius 3 is 2.79 bits per heavy atom. The number of hydrogen-bond acceptors (Lipinski definition) is 3. The third-order valence-electron chi connectivity index (χ3n) is 1.73. The molecule has 0 radical (unpaired) electrons. The van der Waals surface area contributed by atoms with Crippen LogP contribution in [0.4, 0.5) is 0 Å². The number of rotatable bonds is 4. The van der Waals surface area contributed by atoms with E-state index in [-0.39, 0.29) is 0 Å². The van der Waals surface area contributed by atoms with E-state index in [1.54, 1.807) is 11.8 Å². The van der Waals surface area contributed by atoms with E-state index in [9.17, 15) is 0 Å². The molecule has 2 nitrogen and oxygen atoms in total. The van der Waals surface area contributed by atoms with Crippen molar-refractivity contribution in [2.45, 2.75) is 6.54 Å². The predicted molar refractivity (Wildman–Crippen MR) is 60.5 cm³/mol. The first-order chi connectivity index (χ1) is 6.86. The molecule has 1 N–H and O–H groups in total. The molecular formula is C11H12N2S. The normalized spacial score (nSPS) is 10.7. The summed E-state index contributed by atoms with van der Waals surface area (Å²) in [7, 11) is 0. The van der Waals surface area contributed by atoms with Gasteiger partial charge in [-0.25, -0.2) is 0 Å². The minimum Gasteiger partial charge on any atom is -0.375 e. The SMILES string of the molecule is CS/C(=C/C#N)NCc1ccccc1. The van der Waals surface area contributed by atoms with Crippen LogP contribution in [-0.4, -0.2) is 6.26 Å². The van der Waals surface area contributed by atoms with E-state index in [0.29, 0.717) is 0 Å². The van der Waals surface area contributed by atoms with Crippen molar-refractivity contribution in [2.24, 2.45) is 0 Å². The van der Waals surface area contributed by atoms with Crippen LogP contribution < -0.4 is 5.32 Å². The quantitative estimate of drug-likeness (QED) is 0.765. The van der Waals surface area contributed by atoms with Gasteiger partial charge >= 0.3 is 0 Å². The Kier molecular flexibility index (Phi) is 4.66. The first-order valence-electron chi connectivity index (χ1n) is 4.28. The van der Waals surface area contributed by atoms with Crippen LogP contribution in [0.3, 0.4) is 0 Å². The molecule has 14 heavy (non-hydrogen) atoms. The van der Waals surface area contributed by atoms with Gasteiger partial charge in [-0.3, -0.25) is 0 Å². The van der Waals surface area contributed by atoms with Gasteiger partial charge in [0, 0.05) is 12.6 Å². The predicted octanol–water partition coefficient (Wildman–Crippen LogP) is 2.50. The number of benzene rings is 1. The summed E-state index contributed by atoms with van der Waals surface area (Å²) in [6.45, 7) is 0.759. The van der Waals surface area contributed by atoms with Gasteiger partial charge in [0.1, 0.15) is 0 Å². The lowest BCUT2D eigenvalue weighted by atomic mass is 10.2. The van der Waals surface area contributed by atoms with E-state index in [0.717, 1.165) is 11.6 Å². The van der Waals surface area contributed by atoms with Crippen molar-refractivity contribution in [1.82, 2.24) is 5.32 Å². The van der Waals surface area contributed by atoms with E-state index < -0.39 is 0 Å². The molecule has 0 saturated carbocycles. The second-order valence-electron chi connectivity index (χ2n) is 2.68. The van der Waals surface area contributed by atoms with Gasteiger partial charge < -0.3 is 5.32 Å². The molecule has 0 spiro atoms. The summed E-state index contributed by atoms with van der Waals surface area (Å²) in [5.74, 6) is 0. The van der Waals surface area contributed by atoms with Gasteiger partial charge in [0.15, 0.2) is 0 Å². The molecule has 0 heterocycles. The molecule has 0 atom stereocenters. The zero-order chi connectivity index (χ0) is 10.2. The molecule has 1 aromatic carbocycles. The Balaban J connectivity index is 2.49. The van der Waals surface area contributed by atoms with E-state index >= 15 is 0 Å². The molecule has 0 aliphatic carbocycles. The molecule has 0 aromatic heterocycles. The van der Waals surface area contributed by atoms with Gasteiger partial charge in [-0.2, -0.15) is 5.26 Å². The third kappa shape index (κ3) is 3.55. The van der Waals surface area contributed by atoms with Gasteiger partial charge in [0.2, 0.25) is 0 Å². The van der Waals surface area contributed by atoms with Crippen molar-refractivity contribution in [3.8, 4) is 6.07 Å². The minimum absolute atomic E-state index is 0.759. The first kappa shape index (κ1) is 10.7. The van der Waals surface area contributed by atoms with Gasteiger partial charge in [-0.15, -0.1) is 11.8 Å². The summed E-state index contributed by atoms with van der Waals surface area (Å²) < 4.78 is 0. The lowest BCUT2D eigenvalue weighted by molar-refractivity contribution is 0.857. The average molecular weight is 204 g/mol. The van der Waals surface area contributed by atoms with Crippen LogP contribution in [0, 0.1) is 11.3 Å². The molecule has 3 heteroatoms. The fourth-order valence-electron chi connectivity index (χ4n) is 1.03. The number of allylic oxidation sites excluding steroid dienone is 1. The van der Waals surface area contributed by atoms with Crippen molar-refractivity contribution in [1.29, 1.82) is 5.26 Å². The number of nitriles is 1. The fourth-order valence-corrected chi connectivity index (χ4v) is 1.41. The van der Waals surface area contributed by atoms with Gasteiger partial charge in [0.05, 0.1) is 11.1 Å². The maximum Gasteiger partial charge on any atom is 0.0939 e. The topological polar surface area (TPSA) is 35.8 Å².